The molecule has 0 aromatic heterocycles. The smallest absolute Gasteiger partial charge is 0.415 e. The highest BCUT2D eigenvalue weighted by Crippen LogP contribution is 2.35. The van der Waals surface area contributed by atoms with E-state index in [1.54, 1.807) is 4.90 Å². The average molecular weight is 434 g/mol. The van der Waals surface area contributed by atoms with Gasteiger partial charge >= 0.3 is 6.09 Å². The van der Waals surface area contributed by atoms with Crippen molar-refractivity contribution < 1.29 is 33.5 Å². The Labute approximate surface area is 158 Å². The third-order valence-corrected chi connectivity index (χ3v) is 3.89. The molecular weight excluding hydrogens is 403 g/mol. The lowest BCUT2D eigenvalue weighted by atomic mass is 9.98. The molecule has 0 atom stereocenters. The second kappa shape index (κ2) is 8.87. The van der Waals surface area contributed by atoms with E-state index in [9.17, 15) is 4.79 Å². The van der Waals surface area contributed by atoms with Crippen LogP contribution in [0.3, 0.4) is 0 Å². The first kappa shape index (κ1) is 22.2. The van der Waals surface area contributed by atoms with Crippen LogP contribution in [0.4, 0.5) is 10.5 Å². The van der Waals surface area contributed by atoms with Crippen LogP contribution in [0.1, 0.15) is 44.7 Å². The molecule has 0 aliphatic rings. The fourth-order valence-corrected chi connectivity index (χ4v) is 2.59. The zero-order chi connectivity index (χ0) is 17.1. The van der Waals surface area contributed by atoms with E-state index in [1.807, 2.05) is 19.9 Å². The first-order chi connectivity index (χ1) is 10.1. The number of carbonyl (C=O) groups excluding carboxylic acids is 1. The molecule has 0 spiro atoms. The maximum atomic E-state index is 12.2. The van der Waals surface area contributed by atoms with Gasteiger partial charge in [0.05, 0.1) is 21.1 Å². The van der Waals surface area contributed by atoms with Crippen LogP contribution >= 0.6 is 0 Å². The van der Waals surface area contributed by atoms with Crippen molar-refractivity contribution in [2.24, 2.45) is 0 Å². The third kappa shape index (κ3) is 5.64. The van der Waals surface area contributed by atoms with Crippen molar-refractivity contribution in [3.63, 3.8) is 0 Å². The Kier molecular flexibility index (Phi) is 8.56. The summed E-state index contributed by atoms with van der Waals surface area (Å²) in [4.78, 5) is 13.9. The molecule has 0 heterocycles. The molecule has 1 aromatic rings. The van der Waals surface area contributed by atoms with Gasteiger partial charge in [0.25, 0.3) is 0 Å². The summed E-state index contributed by atoms with van der Waals surface area (Å²) >= 11 is 0. The lowest BCUT2D eigenvalue weighted by Gasteiger charge is -2.27. The number of nitrogens with zero attached hydrogens (tertiary/aromatic N) is 2. The summed E-state index contributed by atoms with van der Waals surface area (Å²) in [5.41, 5.74) is 3.46. The van der Waals surface area contributed by atoms with Crippen LogP contribution < -0.4 is 33.2 Å². The van der Waals surface area contributed by atoms with E-state index in [1.165, 1.54) is 5.69 Å². The van der Waals surface area contributed by atoms with Crippen LogP contribution in [-0.2, 0) is 0 Å². The number of quaternary nitrogens is 1. The van der Waals surface area contributed by atoms with Gasteiger partial charge in [-0.1, -0.05) is 13.8 Å². The molecule has 1 rings (SSSR count). The van der Waals surface area contributed by atoms with Gasteiger partial charge in [-0.15, -0.1) is 0 Å². The number of rotatable bonds is 5. The van der Waals surface area contributed by atoms with E-state index in [4.69, 9.17) is 4.74 Å². The van der Waals surface area contributed by atoms with E-state index >= 15 is 0 Å². The SMILES string of the molecule is CCN(CC)C(=O)Oc1cc(C)c([N+](C)(C)C)cc1C(C)C.[I-]. The van der Waals surface area contributed by atoms with Gasteiger partial charge in [-0.2, -0.15) is 0 Å². The van der Waals surface area contributed by atoms with E-state index < -0.39 is 0 Å². The summed E-state index contributed by atoms with van der Waals surface area (Å²) in [6.07, 6.45) is -0.274. The molecular formula is C18H31IN2O2. The Bertz CT molecular complexity index is 533. The monoisotopic (exact) mass is 434 g/mol. The maximum absolute atomic E-state index is 12.2. The number of ether oxygens (including phenoxy) is 1. The second-order valence-corrected chi connectivity index (χ2v) is 6.88. The molecule has 5 heteroatoms. The van der Waals surface area contributed by atoms with Crippen molar-refractivity contribution >= 4 is 11.8 Å². The maximum Gasteiger partial charge on any atom is 0.415 e. The summed E-state index contributed by atoms with van der Waals surface area (Å²) < 4.78 is 6.43. The van der Waals surface area contributed by atoms with Gasteiger partial charge in [-0.3, -0.25) is 4.48 Å². The van der Waals surface area contributed by atoms with Crippen LogP contribution in [0.2, 0.25) is 0 Å². The Morgan fingerprint density at radius 1 is 1.17 bits per heavy atom. The number of carbonyl (C=O) groups is 1. The van der Waals surface area contributed by atoms with E-state index in [0.29, 0.717) is 24.8 Å². The molecule has 0 bridgehead atoms. The molecule has 1 amide bonds. The highest BCUT2D eigenvalue weighted by atomic mass is 127. The summed E-state index contributed by atoms with van der Waals surface area (Å²) in [5, 5.41) is 0. The number of benzene rings is 1. The van der Waals surface area contributed by atoms with Crippen LogP contribution in [0, 0.1) is 6.92 Å². The van der Waals surface area contributed by atoms with Gasteiger partial charge in [0.15, 0.2) is 0 Å². The number of halogens is 1. The van der Waals surface area contributed by atoms with Crippen LogP contribution in [0.5, 0.6) is 5.75 Å². The second-order valence-electron chi connectivity index (χ2n) is 6.88. The van der Waals surface area contributed by atoms with Gasteiger partial charge in [0, 0.05) is 30.3 Å². The van der Waals surface area contributed by atoms with Gasteiger partial charge in [0.1, 0.15) is 11.4 Å². The van der Waals surface area contributed by atoms with E-state index in [-0.39, 0.29) is 30.1 Å². The fourth-order valence-electron chi connectivity index (χ4n) is 2.59. The topological polar surface area (TPSA) is 29.5 Å². The highest BCUT2D eigenvalue weighted by Gasteiger charge is 2.22. The van der Waals surface area contributed by atoms with Gasteiger partial charge in [-0.25, -0.2) is 4.79 Å². The molecule has 0 radical (unpaired) electrons. The zero-order valence-corrected chi connectivity index (χ0v) is 17.9. The fraction of sp³-hybridized carbons (Fsp3) is 0.611. The summed E-state index contributed by atoms with van der Waals surface area (Å²) in [5.74, 6) is 0.979. The average Bonchev–Trinajstić information content (AvgIpc) is 2.38. The first-order valence-electron chi connectivity index (χ1n) is 8.05. The predicted octanol–water partition coefficient (Wildman–Crippen LogP) is 1.16. The number of hydrogen-bond donors (Lipinski definition) is 0. The van der Waals surface area contributed by atoms with Crippen molar-refractivity contribution in [3.05, 3.63) is 23.3 Å². The lowest BCUT2D eigenvalue weighted by Crippen LogP contribution is -3.00. The molecule has 1 aromatic carbocycles. The zero-order valence-electron chi connectivity index (χ0n) is 15.7. The van der Waals surface area contributed by atoms with Crippen LogP contribution in [0.15, 0.2) is 12.1 Å². The van der Waals surface area contributed by atoms with Crippen molar-refractivity contribution in [2.75, 3.05) is 34.2 Å². The summed E-state index contributed by atoms with van der Waals surface area (Å²) in [6, 6.07) is 4.17. The van der Waals surface area contributed by atoms with Crippen molar-refractivity contribution in [2.45, 2.75) is 40.5 Å². The quantitative estimate of drug-likeness (QED) is 0.515. The molecule has 0 saturated carbocycles. The summed E-state index contributed by atoms with van der Waals surface area (Å²) in [6.45, 7) is 11.5. The number of amides is 1. The molecule has 132 valence electrons. The van der Waals surface area contributed by atoms with Gasteiger partial charge in [0.2, 0.25) is 0 Å². The minimum absolute atomic E-state index is 0. The molecule has 0 N–H and O–H groups in total. The van der Waals surface area contributed by atoms with Gasteiger partial charge in [-0.05, 0) is 32.8 Å². The first-order valence-corrected chi connectivity index (χ1v) is 8.05. The Morgan fingerprint density at radius 2 is 1.70 bits per heavy atom. The Morgan fingerprint density at radius 3 is 2.09 bits per heavy atom. The minimum Gasteiger partial charge on any atom is -1.00 e. The van der Waals surface area contributed by atoms with Crippen LogP contribution in [0.25, 0.3) is 0 Å². The normalized spacial score (nSPS) is 11.2. The highest BCUT2D eigenvalue weighted by molar-refractivity contribution is 5.72. The molecule has 0 saturated heterocycles. The Balaban J connectivity index is 0.00000484. The largest absolute Gasteiger partial charge is 1.00 e. The Hall–Kier alpha value is -0.820. The minimum atomic E-state index is -0.274. The third-order valence-electron chi connectivity index (χ3n) is 3.89. The van der Waals surface area contributed by atoms with Gasteiger partial charge < -0.3 is 33.6 Å². The molecule has 23 heavy (non-hydrogen) atoms. The standard InChI is InChI=1S/C18H31N2O2.HI/c1-9-19(10-2)18(21)22-17-11-14(5)16(20(6,7)8)12-15(17)13(3)4;/h11-13H,9-10H2,1-8H3;1H/q+1;/p-1. The molecule has 4 nitrogen and oxygen atoms in total. The number of aryl methyl sites for hydroxylation is 1. The van der Waals surface area contributed by atoms with Crippen molar-refractivity contribution in [3.8, 4) is 5.75 Å². The number of hydrogen-bond acceptors (Lipinski definition) is 2. The lowest BCUT2D eigenvalue weighted by molar-refractivity contribution is -0.0000112. The molecule has 0 unspecified atom stereocenters. The molecule has 0 aliphatic heterocycles. The van der Waals surface area contributed by atoms with E-state index in [2.05, 4.69) is 48.0 Å². The predicted molar refractivity (Wildman–Crippen MR) is 93.8 cm³/mol. The van der Waals surface area contributed by atoms with Crippen LogP contribution in [-0.4, -0.2) is 45.2 Å². The van der Waals surface area contributed by atoms with Crippen molar-refractivity contribution in [1.82, 2.24) is 9.38 Å². The van der Waals surface area contributed by atoms with Crippen molar-refractivity contribution in [1.29, 1.82) is 0 Å². The molecule has 0 fully saturated rings. The summed E-state index contributed by atoms with van der Waals surface area (Å²) in [7, 11) is 6.44. The molecule has 0 aliphatic carbocycles. The van der Waals surface area contributed by atoms with E-state index in [0.717, 1.165) is 15.6 Å².